The molecular formula is C16H19N3O. The zero-order chi connectivity index (χ0) is 14.6. The highest BCUT2D eigenvalue weighted by Gasteiger charge is 2.20. The maximum Gasteiger partial charge on any atom is 0.225 e. The minimum absolute atomic E-state index is 0.0336. The number of aromatic nitrogens is 2. The maximum absolute atomic E-state index is 11.8. The summed E-state index contributed by atoms with van der Waals surface area (Å²) >= 11 is 0. The molecule has 0 unspecified atom stereocenters. The summed E-state index contributed by atoms with van der Waals surface area (Å²) < 4.78 is 0. The van der Waals surface area contributed by atoms with Gasteiger partial charge in [0, 0.05) is 24.4 Å². The molecule has 104 valence electrons. The minimum Gasteiger partial charge on any atom is -0.352 e. The lowest BCUT2D eigenvalue weighted by Crippen LogP contribution is -2.34. The van der Waals surface area contributed by atoms with E-state index in [1.807, 2.05) is 51.1 Å². The molecule has 2 heterocycles. The van der Waals surface area contributed by atoms with Gasteiger partial charge in [0.25, 0.3) is 0 Å². The number of carbonyl (C=O) groups is 1. The second kappa shape index (κ2) is 5.82. The Bertz CT molecular complexity index is 571. The Morgan fingerprint density at radius 2 is 1.85 bits per heavy atom. The first kappa shape index (κ1) is 14.2. The van der Waals surface area contributed by atoms with Crippen LogP contribution in [0.25, 0.3) is 11.4 Å². The van der Waals surface area contributed by atoms with Crippen molar-refractivity contribution in [3.05, 3.63) is 48.3 Å². The van der Waals surface area contributed by atoms with Crippen molar-refractivity contribution in [2.45, 2.75) is 27.3 Å². The topological polar surface area (TPSA) is 54.9 Å². The number of nitrogens with one attached hydrogen (secondary N) is 1. The monoisotopic (exact) mass is 269 g/mol. The van der Waals surface area contributed by atoms with Crippen LogP contribution >= 0.6 is 0 Å². The lowest BCUT2D eigenvalue weighted by Gasteiger charge is -2.17. The van der Waals surface area contributed by atoms with Gasteiger partial charge in [-0.3, -0.25) is 14.8 Å². The third kappa shape index (κ3) is 3.63. The highest BCUT2D eigenvalue weighted by molar-refractivity contribution is 5.81. The molecule has 2 aromatic rings. The molecule has 0 fully saturated rings. The number of nitrogens with zero attached hydrogens (tertiary/aromatic N) is 2. The van der Waals surface area contributed by atoms with E-state index in [9.17, 15) is 4.79 Å². The molecule has 0 bridgehead atoms. The summed E-state index contributed by atoms with van der Waals surface area (Å²) in [6.45, 7) is 6.17. The summed E-state index contributed by atoms with van der Waals surface area (Å²) in [5.41, 5.74) is 2.28. The molecule has 0 aromatic carbocycles. The van der Waals surface area contributed by atoms with Gasteiger partial charge in [0.15, 0.2) is 0 Å². The maximum atomic E-state index is 11.8. The Hall–Kier alpha value is -2.23. The van der Waals surface area contributed by atoms with E-state index in [-0.39, 0.29) is 11.3 Å². The van der Waals surface area contributed by atoms with E-state index in [0.29, 0.717) is 6.54 Å². The van der Waals surface area contributed by atoms with Gasteiger partial charge in [-0.2, -0.15) is 0 Å². The predicted molar refractivity (Wildman–Crippen MR) is 78.8 cm³/mol. The minimum atomic E-state index is -0.374. The van der Waals surface area contributed by atoms with Crippen molar-refractivity contribution in [1.82, 2.24) is 15.3 Å². The van der Waals surface area contributed by atoms with Crippen LogP contribution in [0.4, 0.5) is 0 Å². The second-order valence-corrected chi connectivity index (χ2v) is 5.70. The molecule has 4 heteroatoms. The molecule has 0 radical (unpaired) electrons. The van der Waals surface area contributed by atoms with Crippen molar-refractivity contribution in [3.63, 3.8) is 0 Å². The van der Waals surface area contributed by atoms with Gasteiger partial charge in [0.1, 0.15) is 0 Å². The smallest absolute Gasteiger partial charge is 0.225 e. The molecule has 4 nitrogen and oxygen atoms in total. The van der Waals surface area contributed by atoms with E-state index in [1.165, 1.54) is 0 Å². The van der Waals surface area contributed by atoms with Gasteiger partial charge in [0.2, 0.25) is 5.91 Å². The van der Waals surface area contributed by atoms with Crippen LogP contribution in [-0.2, 0) is 11.3 Å². The summed E-state index contributed by atoms with van der Waals surface area (Å²) in [6.07, 6.45) is 3.52. The predicted octanol–water partition coefficient (Wildman–Crippen LogP) is 2.81. The third-order valence-corrected chi connectivity index (χ3v) is 2.89. The average molecular weight is 269 g/mol. The van der Waals surface area contributed by atoms with Crippen LogP contribution < -0.4 is 5.32 Å². The van der Waals surface area contributed by atoms with E-state index in [2.05, 4.69) is 15.3 Å². The number of hydrogen-bond donors (Lipinski definition) is 1. The quantitative estimate of drug-likeness (QED) is 0.932. The van der Waals surface area contributed by atoms with Crippen molar-refractivity contribution in [2.24, 2.45) is 5.41 Å². The summed E-state index contributed by atoms with van der Waals surface area (Å²) in [4.78, 5) is 20.4. The number of amides is 1. The lowest BCUT2D eigenvalue weighted by molar-refractivity contribution is -0.128. The summed E-state index contributed by atoms with van der Waals surface area (Å²) in [5, 5.41) is 2.90. The normalized spacial score (nSPS) is 11.2. The van der Waals surface area contributed by atoms with Gasteiger partial charge in [-0.15, -0.1) is 0 Å². The fourth-order valence-corrected chi connectivity index (χ4v) is 1.64. The third-order valence-electron chi connectivity index (χ3n) is 2.89. The van der Waals surface area contributed by atoms with Crippen LogP contribution in [0.15, 0.2) is 42.7 Å². The Labute approximate surface area is 119 Å². The standard InChI is InChI=1S/C16H19N3O/c1-16(2,3)15(20)19-11-12-7-8-14(18-10-12)13-6-4-5-9-17-13/h4-10H,11H2,1-3H3,(H,19,20). The number of pyridine rings is 2. The molecule has 0 aliphatic heterocycles. The summed E-state index contributed by atoms with van der Waals surface area (Å²) in [7, 11) is 0. The fourth-order valence-electron chi connectivity index (χ4n) is 1.64. The van der Waals surface area contributed by atoms with Crippen molar-refractivity contribution >= 4 is 5.91 Å². The molecule has 1 amide bonds. The van der Waals surface area contributed by atoms with E-state index >= 15 is 0 Å². The zero-order valence-electron chi connectivity index (χ0n) is 12.1. The van der Waals surface area contributed by atoms with Crippen molar-refractivity contribution in [1.29, 1.82) is 0 Å². The van der Waals surface area contributed by atoms with Crippen LogP contribution in [0, 0.1) is 5.41 Å². The number of hydrogen-bond acceptors (Lipinski definition) is 3. The zero-order valence-corrected chi connectivity index (χ0v) is 12.1. The first-order valence-corrected chi connectivity index (χ1v) is 6.61. The van der Waals surface area contributed by atoms with Gasteiger partial charge in [-0.05, 0) is 23.8 Å². The Morgan fingerprint density at radius 1 is 1.10 bits per heavy atom. The van der Waals surface area contributed by atoms with Gasteiger partial charge >= 0.3 is 0 Å². The van der Waals surface area contributed by atoms with Crippen molar-refractivity contribution in [3.8, 4) is 11.4 Å². The van der Waals surface area contributed by atoms with Crippen LogP contribution in [0.1, 0.15) is 26.3 Å². The largest absolute Gasteiger partial charge is 0.352 e. The van der Waals surface area contributed by atoms with Gasteiger partial charge in [-0.25, -0.2) is 0 Å². The number of rotatable bonds is 3. The van der Waals surface area contributed by atoms with Gasteiger partial charge in [0.05, 0.1) is 11.4 Å². The van der Waals surface area contributed by atoms with E-state index in [0.717, 1.165) is 17.0 Å². The Morgan fingerprint density at radius 3 is 2.40 bits per heavy atom. The Kier molecular flexibility index (Phi) is 4.13. The van der Waals surface area contributed by atoms with Crippen LogP contribution in [0.5, 0.6) is 0 Å². The van der Waals surface area contributed by atoms with E-state index < -0.39 is 0 Å². The highest BCUT2D eigenvalue weighted by atomic mass is 16.2. The van der Waals surface area contributed by atoms with Crippen LogP contribution in [0.2, 0.25) is 0 Å². The molecular weight excluding hydrogens is 250 g/mol. The Balaban J connectivity index is 2.01. The lowest BCUT2D eigenvalue weighted by atomic mass is 9.95. The molecule has 2 aromatic heterocycles. The molecule has 0 aliphatic carbocycles. The fraction of sp³-hybridized carbons (Fsp3) is 0.312. The molecule has 0 atom stereocenters. The molecule has 0 aliphatic rings. The van der Waals surface area contributed by atoms with E-state index in [1.54, 1.807) is 12.4 Å². The summed E-state index contributed by atoms with van der Waals surface area (Å²) in [6, 6.07) is 9.60. The summed E-state index contributed by atoms with van der Waals surface area (Å²) in [5.74, 6) is 0.0336. The van der Waals surface area contributed by atoms with E-state index in [4.69, 9.17) is 0 Å². The van der Waals surface area contributed by atoms with Crippen LogP contribution in [0.3, 0.4) is 0 Å². The second-order valence-electron chi connectivity index (χ2n) is 5.70. The molecule has 0 saturated heterocycles. The average Bonchev–Trinajstić information content (AvgIpc) is 2.45. The first-order chi connectivity index (χ1) is 9.47. The van der Waals surface area contributed by atoms with Crippen molar-refractivity contribution in [2.75, 3.05) is 0 Å². The molecule has 1 N–H and O–H groups in total. The molecule has 0 spiro atoms. The number of carbonyl (C=O) groups excluding carboxylic acids is 1. The van der Waals surface area contributed by atoms with Gasteiger partial charge in [-0.1, -0.05) is 32.9 Å². The SMILES string of the molecule is CC(C)(C)C(=O)NCc1ccc(-c2ccccn2)nc1. The highest BCUT2D eigenvalue weighted by Crippen LogP contribution is 2.15. The van der Waals surface area contributed by atoms with Gasteiger partial charge < -0.3 is 5.32 Å². The molecule has 2 rings (SSSR count). The molecule has 20 heavy (non-hydrogen) atoms. The molecule has 0 saturated carbocycles. The van der Waals surface area contributed by atoms with Crippen LogP contribution in [-0.4, -0.2) is 15.9 Å². The first-order valence-electron chi connectivity index (χ1n) is 6.61. The van der Waals surface area contributed by atoms with Crippen molar-refractivity contribution < 1.29 is 4.79 Å².